The van der Waals surface area contributed by atoms with Crippen LogP contribution in [0.2, 0.25) is 5.02 Å². The number of anilines is 2. The molecule has 2 aliphatic heterocycles. The summed E-state index contributed by atoms with van der Waals surface area (Å²) >= 11 is 6.02. The molecule has 154 valence electrons. The molecular formula is C22H28ClN5O. The molecule has 0 radical (unpaired) electrons. The predicted octanol–water partition coefficient (Wildman–Crippen LogP) is 3.40. The third kappa shape index (κ3) is 5.18. The third-order valence-electron chi connectivity index (χ3n) is 5.79. The lowest BCUT2D eigenvalue weighted by atomic mass is 10.1. The molecule has 0 saturated carbocycles. The maximum atomic E-state index is 12.6. The van der Waals surface area contributed by atoms with Gasteiger partial charge in [0.15, 0.2) is 11.6 Å². The minimum atomic E-state index is 0.205. The number of aromatic nitrogens is 2. The van der Waals surface area contributed by atoms with Crippen LogP contribution in [0.1, 0.15) is 31.2 Å². The maximum absolute atomic E-state index is 12.6. The molecule has 0 aliphatic carbocycles. The second kappa shape index (κ2) is 9.44. The maximum Gasteiger partial charge on any atom is 0.223 e. The number of rotatable bonds is 5. The van der Waals surface area contributed by atoms with E-state index in [0.29, 0.717) is 6.42 Å². The lowest BCUT2D eigenvalue weighted by Gasteiger charge is -2.35. The summed E-state index contributed by atoms with van der Waals surface area (Å²) < 4.78 is 0. The summed E-state index contributed by atoms with van der Waals surface area (Å²) in [6.45, 7) is 5.18. The van der Waals surface area contributed by atoms with E-state index in [2.05, 4.69) is 32.1 Å². The van der Waals surface area contributed by atoms with Crippen molar-refractivity contribution in [1.29, 1.82) is 0 Å². The Balaban J connectivity index is 1.26. The Morgan fingerprint density at radius 3 is 2.14 bits per heavy atom. The Labute approximate surface area is 177 Å². The van der Waals surface area contributed by atoms with Gasteiger partial charge in [0.25, 0.3) is 0 Å². The van der Waals surface area contributed by atoms with Gasteiger partial charge in [-0.2, -0.15) is 0 Å². The first-order valence-electron chi connectivity index (χ1n) is 10.5. The number of nitrogens with zero attached hydrogens (tertiary/aromatic N) is 5. The molecule has 1 amide bonds. The molecule has 2 aromatic rings. The summed E-state index contributed by atoms with van der Waals surface area (Å²) in [4.78, 5) is 19.0. The van der Waals surface area contributed by atoms with Gasteiger partial charge in [0.1, 0.15) is 0 Å². The van der Waals surface area contributed by atoms with E-state index in [0.717, 1.165) is 67.9 Å². The van der Waals surface area contributed by atoms with Gasteiger partial charge in [0.05, 0.1) is 0 Å². The third-order valence-corrected chi connectivity index (χ3v) is 6.02. The molecule has 0 spiro atoms. The van der Waals surface area contributed by atoms with Crippen molar-refractivity contribution >= 4 is 29.1 Å². The SMILES string of the molecule is O=C(CCc1cccc(Cl)c1)N1CCN(c2ccc(N3CCCCC3)nn2)CC1. The molecule has 1 aromatic carbocycles. The van der Waals surface area contributed by atoms with E-state index in [-0.39, 0.29) is 5.91 Å². The van der Waals surface area contributed by atoms with E-state index in [1.54, 1.807) is 0 Å². The molecule has 3 heterocycles. The second-order valence-corrected chi connectivity index (χ2v) is 8.23. The minimum absolute atomic E-state index is 0.205. The Bertz CT molecular complexity index is 814. The molecule has 0 bridgehead atoms. The van der Waals surface area contributed by atoms with E-state index in [1.165, 1.54) is 19.3 Å². The Kier molecular flexibility index (Phi) is 6.49. The van der Waals surface area contributed by atoms with E-state index < -0.39 is 0 Å². The van der Waals surface area contributed by atoms with Crippen molar-refractivity contribution in [3.05, 3.63) is 47.0 Å². The van der Waals surface area contributed by atoms with Gasteiger partial charge in [0.2, 0.25) is 5.91 Å². The number of benzene rings is 1. The normalized spacial score (nSPS) is 17.5. The first kappa shape index (κ1) is 20.0. The zero-order valence-corrected chi connectivity index (χ0v) is 17.5. The summed E-state index contributed by atoms with van der Waals surface area (Å²) in [5, 5.41) is 9.61. The lowest BCUT2D eigenvalue weighted by Crippen LogP contribution is -2.49. The highest BCUT2D eigenvalue weighted by molar-refractivity contribution is 6.30. The number of hydrogen-bond acceptors (Lipinski definition) is 5. The van der Waals surface area contributed by atoms with E-state index in [4.69, 9.17) is 11.6 Å². The van der Waals surface area contributed by atoms with Crippen molar-refractivity contribution < 1.29 is 4.79 Å². The molecule has 2 saturated heterocycles. The zero-order chi connectivity index (χ0) is 20.1. The van der Waals surface area contributed by atoms with Gasteiger partial charge in [-0.15, -0.1) is 10.2 Å². The zero-order valence-electron chi connectivity index (χ0n) is 16.8. The highest BCUT2D eigenvalue weighted by Crippen LogP contribution is 2.20. The quantitative estimate of drug-likeness (QED) is 0.751. The fourth-order valence-electron chi connectivity index (χ4n) is 4.07. The molecule has 1 aromatic heterocycles. The monoisotopic (exact) mass is 413 g/mol. The molecular weight excluding hydrogens is 386 g/mol. The number of carbonyl (C=O) groups excluding carboxylic acids is 1. The topological polar surface area (TPSA) is 52.6 Å². The molecule has 0 atom stereocenters. The van der Waals surface area contributed by atoms with E-state index in [9.17, 15) is 4.79 Å². The number of halogens is 1. The van der Waals surface area contributed by atoms with Crippen LogP contribution in [0.25, 0.3) is 0 Å². The molecule has 6 nitrogen and oxygen atoms in total. The van der Waals surface area contributed by atoms with E-state index in [1.807, 2.05) is 29.2 Å². The van der Waals surface area contributed by atoms with Crippen LogP contribution < -0.4 is 9.80 Å². The first-order chi connectivity index (χ1) is 14.2. The first-order valence-corrected chi connectivity index (χ1v) is 10.9. The molecule has 4 rings (SSSR count). The van der Waals surface area contributed by atoms with Crippen LogP contribution in [0.3, 0.4) is 0 Å². The largest absolute Gasteiger partial charge is 0.355 e. The summed E-state index contributed by atoms with van der Waals surface area (Å²) in [7, 11) is 0. The van der Waals surface area contributed by atoms with Crippen LogP contribution in [0.4, 0.5) is 11.6 Å². The van der Waals surface area contributed by atoms with Crippen LogP contribution in [0.15, 0.2) is 36.4 Å². The van der Waals surface area contributed by atoms with Crippen molar-refractivity contribution in [3.63, 3.8) is 0 Å². The van der Waals surface area contributed by atoms with Gasteiger partial charge in [-0.05, 0) is 55.5 Å². The predicted molar refractivity (Wildman–Crippen MR) is 117 cm³/mol. The Hall–Kier alpha value is -2.34. The smallest absolute Gasteiger partial charge is 0.223 e. The number of carbonyl (C=O) groups is 1. The highest BCUT2D eigenvalue weighted by Gasteiger charge is 2.22. The second-order valence-electron chi connectivity index (χ2n) is 7.80. The highest BCUT2D eigenvalue weighted by atomic mass is 35.5. The number of hydrogen-bond donors (Lipinski definition) is 0. The fourth-order valence-corrected chi connectivity index (χ4v) is 4.28. The van der Waals surface area contributed by atoms with Gasteiger partial charge in [0, 0.05) is 50.7 Å². The fraction of sp³-hybridized carbons (Fsp3) is 0.500. The van der Waals surface area contributed by atoms with Crippen LogP contribution in [-0.4, -0.2) is 60.3 Å². The van der Waals surface area contributed by atoms with Gasteiger partial charge >= 0.3 is 0 Å². The minimum Gasteiger partial charge on any atom is -0.355 e. The average molecular weight is 414 g/mol. The number of piperidine rings is 1. The molecule has 29 heavy (non-hydrogen) atoms. The number of piperazine rings is 1. The molecule has 0 N–H and O–H groups in total. The summed E-state index contributed by atoms with van der Waals surface area (Å²) in [5.41, 5.74) is 1.11. The Morgan fingerprint density at radius 2 is 1.52 bits per heavy atom. The van der Waals surface area contributed by atoms with E-state index >= 15 is 0 Å². The average Bonchev–Trinajstić information content (AvgIpc) is 2.78. The summed E-state index contributed by atoms with van der Waals surface area (Å²) in [6, 6.07) is 11.9. The summed E-state index contributed by atoms with van der Waals surface area (Å²) in [5.74, 6) is 2.08. The van der Waals surface area contributed by atoms with Crippen LogP contribution >= 0.6 is 11.6 Å². The van der Waals surface area contributed by atoms with Crippen LogP contribution in [0, 0.1) is 0 Å². The molecule has 2 fully saturated rings. The lowest BCUT2D eigenvalue weighted by molar-refractivity contribution is -0.131. The Morgan fingerprint density at radius 1 is 0.862 bits per heavy atom. The van der Waals surface area contributed by atoms with Gasteiger partial charge in [-0.25, -0.2) is 0 Å². The van der Waals surface area contributed by atoms with Crippen LogP contribution in [-0.2, 0) is 11.2 Å². The van der Waals surface area contributed by atoms with Gasteiger partial charge < -0.3 is 14.7 Å². The molecule has 2 aliphatic rings. The van der Waals surface area contributed by atoms with Gasteiger partial charge in [-0.1, -0.05) is 23.7 Å². The van der Waals surface area contributed by atoms with Crippen molar-refractivity contribution in [2.75, 3.05) is 49.1 Å². The summed E-state index contributed by atoms with van der Waals surface area (Å²) in [6.07, 6.45) is 5.02. The molecule has 7 heteroatoms. The van der Waals surface area contributed by atoms with Crippen molar-refractivity contribution in [3.8, 4) is 0 Å². The van der Waals surface area contributed by atoms with Crippen molar-refractivity contribution in [2.45, 2.75) is 32.1 Å². The molecule has 0 unspecified atom stereocenters. The van der Waals surface area contributed by atoms with Crippen molar-refractivity contribution in [2.24, 2.45) is 0 Å². The number of aryl methyl sites for hydroxylation is 1. The number of amides is 1. The van der Waals surface area contributed by atoms with Gasteiger partial charge in [-0.3, -0.25) is 4.79 Å². The van der Waals surface area contributed by atoms with Crippen LogP contribution in [0.5, 0.6) is 0 Å². The standard InChI is InChI=1S/C22H28ClN5O/c23-19-6-4-5-18(17-19)7-10-22(29)28-15-13-27(14-16-28)21-9-8-20(24-25-21)26-11-2-1-3-12-26/h4-6,8-9,17H,1-3,7,10-16H2. The van der Waals surface area contributed by atoms with Crippen molar-refractivity contribution in [1.82, 2.24) is 15.1 Å².